The monoisotopic (exact) mass is 290 g/mol. The van der Waals surface area contributed by atoms with E-state index in [4.69, 9.17) is 0 Å². The lowest BCUT2D eigenvalue weighted by Gasteiger charge is -2.37. The van der Waals surface area contributed by atoms with Gasteiger partial charge in [0.05, 0.1) is 0 Å². The van der Waals surface area contributed by atoms with Crippen LogP contribution in [0.15, 0.2) is 24.3 Å². The number of carboxylic acids is 1. The molecule has 1 aliphatic rings. The number of likely N-dealkylation sites (tertiary alicyclic amines) is 1. The van der Waals surface area contributed by atoms with Crippen LogP contribution in [0.2, 0.25) is 0 Å². The van der Waals surface area contributed by atoms with Crippen LogP contribution in [0, 0.1) is 6.92 Å². The van der Waals surface area contributed by atoms with Crippen LogP contribution in [0.4, 0.5) is 0 Å². The number of likely N-dealkylation sites (N-methyl/N-ethyl adjacent to an activating group) is 1. The van der Waals surface area contributed by atoms with Crippen LogP contribution in [0.3, 0.4) is 0 Å². The zero-order valence-corrected chi connectivity index (χ0v) is 13.0. The number of hydrogen-bond donors (Lipinski definition) is 2. The molecule has 2 rings (SSSR count). The number of nitrogens with zero attached hydrogens (tertiary/aromatic N) is 1. The highest BCUT2D eigenvalue weighted by Crippen LogP contribution is 2.23. The van der Waals surface area contributed by atoms with E-state index in [9.17, 15) is 9.90 Å². The minimum absolute atomic E-state index is 0.355. The van der Waals surface area contributed by atoms with Crippen LogP contribution in [0.5, 0.6) is 0 Å². The predicted molar refractivity (Wildman–Crippen MR) is 84.3 cm³/mol. The van der Waals surface area contributed by atoms with Crippen molar-refractivity contribution in [3.05, 3.63) is 35.4 Å². The number of aryl methyl sites for hydroxylation is 1. The molecular formula is C17H26N2O2. The van der Waals surface area contributed by atoms with E-state index in [0.717, 1.165) is 19.5 Å². The van der Waals surface area contributed by atoms with Crippen LogP contribution in [0.1, 0.15) is 36.8 Å². The van der Waals surface area contributed by atoms with Crippen molar-refractivity contribution in [1.82, 2.24) is 10.2 Å². The number of piperidine rings is 1. The fraction of sp³-hybridized carbons (Fsp3) is 0.588. The number of carbonyl (C=O) groups is 1. The molecule has 4 nitrogen and oxygen atoms in total. The lowest BCUT2D eigenvalue weighted by molar-refractivity contribution is -0.140. The Bertz CT molecular complexity index is 458. The first-order chi connectivity index (χ1) is 10.1. The molecule has 1 aromatic rings. The summed E-state index contributed by atoms with van der Waals surface area (Å²) in [5, 5.41) is 12.1. The van der Waals surface area contributed by atoms with E-state index in [-0.39, 0.29) is 0 Å². The minimum Gasteiger partial charge on any atom is -0.480 e. The average molecular weight is 290 g/mol. The van der Waals surface area contributed by atoms with E-state index in [1.54, 1.807) is 7.05 Å². The molecule has 0 spiro atoms. The molecule has 116 valence electrons. The SMILES string of the molecule is CNC(CC1CCCCN1Cc1ccc(C)cc1)C(=O)O. The molecule has 21 heavy (non-hydrogen) atoms. The first-order valence-corrected chi connectivity index (χ1v) is 7.80. The lowest BCUT2D eigenvalue weighted by Crippen LogP contribution is -2.45. The van der Waals surface area contributed by atoms with Gasteiger partial charge in [-0.2, -0.15) is 0 Å². The Kier molecular flexibility index (Phi) is 5.76. The average Bonchev–Trinajstić information content (AvgIpc) is 2.48. The number of rotatable bonds is 6. The third-order valence-corrected chi connectivity index (χ3v) is 4.41. The van der Waals surface area contributed by atoms with Gasteiger partial charge in [0.2, 0.25) is 0 Å². The molecule has 2 N–H and O–H groups in total. The maximum atomic E-state index is 11.2. The van der Waals surface area contributed by atoms with Crippen molar-refractivity contribution >= 4 is 5.97 Å². The summed E-state index contributed by atoms with van der Waals surface area (Å²) in [6, 6.07) is 8.54. The molecule has 0 bridgehead atoms. The van der Waals surface area contributed by atoms with Crippen molar-refractivity contribution in [2.45, 2.75) is 51.2 Å². The Hall–Kier alpha value is -1.39. The fourth-order valence-corrected chi connectivity index (χ4v) is 3.08. The maximum absolute atomic E-state index is 11.2. The van der Waals surface area contributed by atoms with Crippen molar-refractivity contribution in [3.63, 3.8) is 0 Å². The van der Waals surface area contributed by atoms with Crippen LogP contribution >= 0.6 is 0 Å². The highest BCUT2D eigenvalue weighted by molar-refractivity contribution is 5.73. The third-order valence-electron chi connectivity index (χ3n) is 4.41. The molecule has 2 unspecified atom stereocenters. The van der Waals surface area contributed by atoms with Crippen LogP contribution in [-0.4, -0.2) is 41.7 Å². The smallest absolute Gasteiger partial charge is 0.320 e. The van der Waals surface area contributed by atoms with Gasteiger partial charge in [-0.05, 0) is 45.3 Å². The van der Waals surface area contributed by atoms with Crippen LogP contribution in [-0.2, 0) is 11.3 Å². The zero-order chi connectivity index (χ0) is 15.2. The van der Waals surface area contributed by atoms with Crippen molar-refractivity contribution in [3.8, 4) is 0 Å². The van der Waals surface area contributed by atoms with E-state index in [2.05, 4.69) is 41.4 Å². The molecular weight excluding hydrogens is 264 g/mol. The van der Waals surface area contributed by atoms with Crippen molar-refractivity contribution in [1.29, 1.82) is 0 Å². The summed E-state index contributed by atoms with van der Waals surface area (Å²) in [7, 11) is 1.73. The Labute approximate surface area is 127 Å². The van der Waals surface area contributed by atoms with Gasteiger partial charge in [0, 0.05) is 12.6 Å². The van der Waals surface area contributed by atoms with Gasteiger partial charge in [0.1, 0.15) is 6.04 Å². The normalized spacial score (nSPS) is 21.1. The maximum Gasteiger partial charge on any atom is 0.320 e. The standard InChI is InChI=1S/C17H26N2O2/c1-13-6-8-14(9-7-13)12-19-10-4-3-5-15(19)11-16(18-2)17(20)21/h6-9,15-16,18H,3-5,10-12H2,1-2H3,(H,20,21). The van der Waals surface area contributed by atoms with Crippen molar-refractivity contribution < 1.29 is 9.90 Å². The minimum atomic E-state index is -0.752. The number of aliphatic carboxylic acids is 1. The second-order valence-electron chi connectivity index (χ2n) is 6.02. The van der Waals surface area contributed by atoms with E-state index in [1.165, 1.54) is 24.0 Å². The third kappa shape index (κ3) is 4.55. The Balaban J connectivity index is 2.01. The molecule has 1 saturated heterocycles. The number of benzene rings is 1. The Morgan fingerprint density at radius 1 is 1.38 bits per heavy atom. The lowest BCUT2D eigenvalue weighted by atomic mass is 9.95. The molecule has 4 heteroatoms. The van der Waals surface area contributed by atoms with Gasteiger partial charge in [-0.3, -0.25) is 9.69 Å². The molecule has 0 aromatic heterocycles. The van der Waals surface area contributed by atoms with Crippen LogP contribution in [0.25, 0.3) is 0 Å². The number of carboxylic acid groups (broad SMARTS) is 1. The summed E-state index contributed by atoms with van der Waals surface area (Å²) >= 11 is 0. The van der Waals surface area contributed by atoms with E-state index in [0.29, 0.717) is 12.5 Å². The Morgan fingerprint density at radius 2 is 2.10 bits per heavy atom. The van der Waals surface area contributed by atoms with Gasteiger partial charge in [-0.15, -0.1) is 0 Å². The zero-order valence-electron chi connectivity index (χ0n) is 13.0. The van der Waals surface area contributed by atoms with Gasteiger partial charge in [-0.25, -0.2) is 0 Å². The summed E-state index contributed by atoms with van der Waals surface area (Å²) in [6.07, 6.45) is 4.18. The molecule has 0 amide bonds. The van der Waals surface area contributed by atoms with E-state index in [1.807, 2.05) is 0 Å². The first kappa shape index (κ1) is 16.0. The molecule has 0 saturated carbocycles. The van der Waals surface area contributed by atoms with Gasteiger partial charge in [0.25, 0.3) is 0 Å². The molecule has 1 fully saturated rings. The van der Waals surface area contributed by atoms with Crippen molar-refractivity contribution in [2.75, 3.05) is 13.6 Å². The number of hydrogen-bond acceptors (Lipinski definition) is 3. The molecule has 1 heterocycles. The highest BCUT2D eigenvalue weighted by atomic mass is 16.4. The van der Waals surface area contributed by atoms with Gasteiger partial charge >= 0.3 is 5.97 Å². The molecule has 0 aliphatic carbocycles. The van der Waals surface area contributed by atoms with E-state index >= 15 is 0 Å². The van der Waals surface area contributed by atoms with Crippen LogP contribution < -0.4 is 5.32 Å². The summed E-state index contributed by atoms with van der Waals surface area (Å²) in [5.41, 5.74) is 2.58. The second kappa shape index (κ2) is 7.57. The first-order valence-electron chi connectivity index (χ1n) is 7.80. The fourth-order valence-electron chi connectivity index (χ4n) is 3.08. The highest BCUT2D eigenvalue weighted by Gasteiger charge is 2.27. The summed E-state index contributed by atoms with van der Waals surface area (Å²) in [5.74, 6) is -0.752. The van der Waals surface area contributed by atoms with Gasteiger partial charge in [0.15, 0.2) is 0 Å². The second-order valence-corrected chi connectivity index (χ2v) is 6.02. The summed E-state index contributed by atoms with van der Waals surface area (Å²) < 4.78 is 0. The summed E-state index contributed by atoms with van der Waals surface area (Å²) in [4.78, 5) is 13.7. The molecule has 1 aliphatic heterocycles. The quantitative estimate of drug-likeness (QED) is 0.845. The summed E-state index contributed by atoms with van der Waals surface area (Å²) in [6.45, 7) is 4.08. The van der Waals surface area contributed by atoms with Gasteiger partial charge < -0.3 is 10.4 Å². The van der Waals surface area contributed by atoms with E-state index < -0.39 is 12.0 Å². The predicted octanol–water partition coefficient (Wildman–Crippen LogP) is 2.41. The molecule has 0 radical (unpaired) electrons. The molecule has 1 aromatic carbocycles. The Morgan fingerprint density at radius 3 is 2.71 bits per heavy atom. The topological polar surface area (TPSA) is 52.6 Å². The molecule has 2 atom stereocenters. The number of nitrogens with one attached hydrogen (secondary N) is 1. The van der Waals surface area contributed by atoms with Gasteiger partial charge in [-0.1, -0.05) is 36.2 Å². The largest absolute Gasteiger partial charge is 0.480 e. The van der Waals surface area contributed by atoms with Crippen molar-refractivity contribution in [2.24, 2.45) is 0 Å².